The molecule has 0 saturated heterocycles. The quantitative estimate of drug-likeness (QED) is 0.563. The fourth-order valence-electron chi connectivity index (χ4n) is 3.37. The van der Waals surface area contributed by atoms with Crippen LogP contribution in [0.5, 0.6) is 17.2 Å². The number of nitrogens with one attached hydrogen (secondary N) is 2. The number of carbonyl (C=O) groups is 2. The molecular weight excluding hydrogens is 408 g/mol. The lowest BCUT2D eigenvalue weighted by Gasteiger charge is -2.12. The number of benzene rings is 3. The third-order valence-corrected chi connectivity index (χ3v) is 4.93. The van der Waals surface area contributed by atoms with Crippen molar-refractivity contribution < 1.29 is 23.8 Å². The summed E-state index contributed by atoms with van der Waals surface area (Å²) >= 11 is 0. The molecule has 1 aliphatic rings. The van der Waals surface area contributed by atoms with E-state index in [2.05, 4.69) is 10.6 Å². The van der Waals surface area contributed by atoms with Gasteiger partial charge in [0.1, 0.15) is 5.75 Å². The van der Waals surface area contributed by atoms with Crippen molar-refractivity contribution in [2.24, 2.45) is 0 Å². The molecule has 0 atom stereocenters. The first-order valence-corrected chi connectivity index (χ1v) is 10.4. The van der Waals surface area contributed by atoms with Gasteiger partial charge in [0.25, 0.3) is 5.91 Å². The van der Waals surface area contributed by atoms with Crippen LogP contribution < -0.4 is 24.8 Å². The van der Waals surface area contributed by atoms with Gasteiger partial charge in [-0.05, 0) is 54.4 Å². The van der Waals surface area contributed by atoms with E-state index in [1.807, 2.05) is 49.4 Å². The van der Waals surface area contributed by atoms with E-state index in [-0.39, 0.29) is 25.0 Å². The maximum atomic E-state index is 12.8. The summed E-state index contributed by atoms with van der Waals surface area (Å²) in [5.74, 6) is 1.64. The topological polar surface area (TPSA) is 85.9 Å². The van der Waals surface area contributed by atoms with Crippen LogP contribution in [0, 0.1) is 0 Å². The molecule has 32 heavy (non-hydrogen) atoms. The minimum absolute atomic E-state index is 0.194. The van der Waals surface area contributed by atoms with Crippen molar-refractivity contribution in [3.05, 3.63) is 83.4 Å². The van der Waals surface area contributed by atoms with Crippen molar-refractivity contribution >= 4 is 17.5 Å². The van der Waals surface area contributed by atoms with Gasteiger partial charge in [-0.15, -0.1) is 0 Å². The minimum Gasteiger partial charge on any atom is -0.494 e. The van der Waals surface area contributed by atoms with Gasteiger partial charge in [-0.3, -0.25) is 9.59 Å². The van der Waals surface area contributed by atoms with Crippen molar-refractivity contribution in [1.29, 1.82) is 0 Å². The highest BCUT2D eigenvalue weighted by Crippen LogP contribution is 2.32. The van der Waals surface area contributed by atoms with Crippen LogP contribution in [-0.4, -0.2) is 25.2 Å². The van der Waals surface area contributed by atoms with Crippen molar-refractivity contribution in [2.75, 3.05) is 18.7 Å². The van der Waals surface area contributed by atoms with E-state index in [0.717, 1.165) is 16.9 Å². The van der Waals surface area contributed by atoms with E-state index < -0.39 is 0 Å². The molecule has 0 radical (unpaired) electrons. The third-order valence-electron chi connectivity index (χ3n) is 4.93. The molecule has 0 spiro atoms. The second kappa shape index (κ2) is 9.87. The molecule has 1 aliphatic heterocycles. The maximum absolute atomic E-state index is 12.8. The lowest BCUT2D eigenvalue weighted by Crippen LogP contribution is -2.25. The first-order chi connectivity index (χ1) is 15.6. The summed E-state index contributed by atoms with van der Waals surface area (Å²) in [5.41, 5.74) is 2.61. The predicted octanol–water partition coefficient (Wildman–Crippen LogP) is 3.93. The number of ether oxygens (including phenoxy) is 3. The Balaban J connectivity index is 1.37. The van der Waals surface area contributed by atoms with Gasteiger partial charge >= 0.3 is 0 Å². The van der Waals surface area contributed by atoms with Crippen LogP contribution in [0.2, 0.25) is 0 Å². The Morgan fingerprint density at radius 1 is 0.938 bits per heavy atom. The number of hydrogen-bond donors (Lipinski definition) is 2. The van der Waals surface area contributed by atoms with Crippen LogP contribution in [0.4, 0.5) is 5.69 Å². The molecular formula is C25H24N2O5. The number of anilines is 1. The van der Waals surface area contributed by atoms with E-state index >= 15 is 0 Å². The van der Waals surface area contributed by atoms with E-state index in [4.69, 9.17) is 14.2 Å². The van der Waals surface area contributed by atoms with Crippen LogP contribution in [0.1, 0.15) is 28.4 Å². The molecule has 3 aromatic rings. The number of fused-ring (bicyclic) bond motifs is 1. The molecule has 7 nitrogen and oxygen atoms in total. The zero-order chi connectivity index (χ0) is 22.3. The maximum Gasteiger partial charge on any atom is 0.253 e. The van der Waals surface area contributed by atoms with E-state index in [0.29, 0.717) is 35.9 Å². The van der Waals surface area contributed by atoms with Crippen LogP contribution in [0.15, 0.2) is 66.7 Å². The summed E-state index contributed by atoms with van der Waals surface area (Å²) in [6.45, 7) is 3.04. The first-order valence-electron chi connectivity index (χ1n) is 10.4. The van der Waals surface area contributed by atoms with Gasteiger partial charge in [-0.2, -0.15) is 0 Å². The molecule has 1 heterocycles. The number of hydrogen-bond acceptors (Lipinski definition) is 5. The van der Waals surface area contributed by atoms with Crippen molar-refractivity contribution in [1.82, 2.24) is 5.32 Å². The average molecular weight is 432 g/mol. The molecule has 0 aliphatic carbocycles. The molecule has 0 fully saturated rings. The standard InChI is InChI=1S/C25H24N2O5/c1-2-30-19-10-7-17(8-11-19)14-24(28)27-21-6-4-3-5-20(21)25(29)26-15-18-9-12-22-23(13-18)32-16-31-22/h3-13H,2,14-16H2,1H3,(H,26,29)(H,27,28). The third kappa shape index (κ3) is 5.18. The zero-order valence-corrected chi connectivity index (χ0v) is 17.7. The largest absolute Gasteiger partial charge is 0.494 e. The first kappa shape index (κ1) is 21.2. The number of para-hydroxylation sites is 1. The smallest absolute Gasteiger partial charge is 0.253 e. The fraction of sp³-hybridized carbons (Fsp3) is 0.200. The van der Waals surface area contributed by atoms with Gasteiger partial charge in [0, 0.05) is 6.54 Å². The Morgan fingerprint density at radius 2 is 1.69 bits per heavy atom. The lowest BCUT2D eigenvalue weighted by molar-refractivity contribution is -0.115. The molecule has 164 valence electrons. The highest BCUT2D eigenvalue weighted by molar-refractivity contribution is 6.04. The Kier molecular flexibility index (Phi) is 6.55. The molecule has 0 bridgehead atoms. The molecule has 2 amide bonds. The van der Waals surface area contributed by atoms with Gasteiger partial charge in [0.05, 0.1) is 24.3 Å². The Labute approximate surface area is 186 Å². The van der Waals surface area contributed by atoms with Crippen molar-refractivity contribution in [3.63, 3.8) is 0 Å². The van der Waals surface area contributed by atoms with Crippen LogP contribution in [0.25, 0.3) is 0 Å². The minimum atomic E-state index is -0.278. The highest BCUT2D eigenvalue weighted by atomic mass is 16.7. The van der Waals surface area contributed by atoms with Gasteiger partial charge in [0.2, 0.25) is 12.7 Å². The zero-order valence-electron chi connectivity index (χ0n) is 17.7. The molecule has 7 heteroatoms. The van der Waals surface area contributed by atoms with Crippen molar-refractivity contribution in [2.45, 2.75) is 19.9 Å². The van der Waals surface area contributed by atoms with E-state index in [1.54, 1.807) is 24.3 Å². The Hall–Kier alpha value is -4.00. The number of rotatable bonds is 8. The van der Waals surface area contributed by atoms with E-state index in [1.165, 1.54) is 0 Å². The van der Waals surface area contributed by atoms with Crippen LogP contribution in [-0.2, 0) is 17.8 Å². The highest BCUT2D eigenvalue weighted by Gasteiger charge is 2.16. The summed E-state index contributed by atoms with van der Waals surface area (Å²) in [5, 5.41) is 5.73. The molecule has 3 aromatic carbocycles. The fourth-order valence-corrected chi connectivity index (χ4v) is 3.37. The lowest BCUT2D eigenvalue weighted by atomic mass is 10.1. The summed E-state index contributed by atoms with van der Waals surface area (Å²) in [7, 11) is 0. The predicted molar refractivity (Wildman–Crippen MR) is 120 cm³/mol. The number of carbonyl (C=O) groups excluding carboxylic acids is 2. The monoisotopic (exact) mass is 432 g/mol. The second-order valence-corrected chi connectivity index (χ2v) is 7.22. The molecule has 0 saturated carbocycles. The molecule has 0 unspecified atom stereocenters. The van der Waals surface area contributed by atoms with Gasteiger partial charge in [-0.1, -0.05) is 30.3 Å². The van der Waals surface area contributed by atoms with Gasteiger partial charge < -0.3 is 24.8 Å². The van der Waals surface area contributed by atoms with Gasteiger partial charge in [0.15, 0.2) is 11.5 Å². The summed E-state index contributed by atoms with van der Waals surface area (Å²) in [6, 6.07) is 19.9. The van der Waals surface area contributed by atoms with Crippen molar-refractivity contribution in [3.8, 4) is 17.2 Å². The normalized spacial score (nSPS) is 11.7. The van der Waals surface area contributed by atoms with Crippen LogP contribution in [0.3, 0.4) is 0 Å². The Bertz CT molecular complexity index is 1110. The molecule has 0 aromatic heterocycles. The summed E-state index contributed by atoms with van der Waals surface area (Å²) in [4.78, 5) is 25.3. The van der Waals surface area contributed by atoms with E-state index in [9.17, 15) is 9.59 Å². The number of amides is 2. The summed E-state index contributed by atoms with van der Waals surface area (Å²) < 4.78 is 16.1. The molecule has 4 rings (SSSR count). The van der Waals surface area contributed by atoms with Crippen LogP contribution >= 0.6 is 0 Å². The SMILES string of the molecule is CCOc1ccc(CC(=O)Nc2ccccc2C(=O)NCc2ccc3c(c2)OCO3)cc1. The van der Waals surface area contributed by atoms with Gasteiger partial charge in [-0.25, -0.2) is 0 Å². The average Bonchev–Trinajstić information content (AvgIpc) is 3.27. The second-order valence-electron chi connectivity index (χ2n) is 7.22. The summed E-state index contributed by atoms with van der Waals surface area (Å²) in [6.07, 6.45) is 0.194. The molecule has 2 N–H and O–H groups in total. The Morgan fingerprint density at radius 3 is 2.50 bits per heavy atom.